The molecule has 0 aromatic heterocycles. The SMILES string of the molecule is OCc1cc(O)c(OCc2ccccc2)c(OCc2ccccc2)c1. The van der Waals surface area contributed by atoms with E-state index in [0.29, 0.717) is 24.5 Å². The molecule has 0 aliphatic rings. The number of phenolic OH excluding ortho intramolecular Hbond substituents is 1. The maximum absolute atomic E-state index is 10.3. The van der Waals surface area contributed by atoms with Gasteiger partial charge in [0.2, 0.25) is 5.75 Å². The molecule has 4 nitrogen and oxygen atoms in total. The first-order valence-corrected chi connectivity index (χ1v) is 8.06. The summed E-state index contributed by atoms with van der Waals surface area (Å²) in [5.74, 6) is 0.631. The normalized spacial score (nSPS) is 10.4. The average molecular weight is 336 g/mol. The maximum Gasteiger partial charge on any atom is 0.203 e. The van der Waals surface area contributed by atoms with Crippen molar-refractivity contribution >= 4 is 0 Å². The largest absolute Gasteiger partial charge is 0.504 e. The van der Waals surface area contributed by atoms with E-state index >= 15 is 0 Å². The molecule has 0 amide bonds. The Morgan fingerprint density at radius 3 is 1.80 bits per heavy atom. The van der Waals surface area contributed by atoms with Crippen molar-refractivity contribution in [1.82, 2.24) is 0 Å². The number of aromatic hydroxyl groups is 1. The quantitative estimate of drug-likeness (QED) is 0.683. The van der Waals surface area contributed by atoms with E-state index < -0.39 is 0 Å². The van der Waals surface area contributed by atoms with Gasteiger partial charge in [-0.1, -0.05) is 60.7 Å². The van der Waals surface area contributed by atoms with Crippen molar-refractivity contribution in [3.63, 3.8) is 0 Å². The Labute approximate surface area is 146 Å². The molecule has 0 radical (unpaired) electrons. The van der Waals surface area contributed by atoms with Gasteiger partial charge in [-0.3, -0.25) is 0 Å². The highest BCUT2D eigenvalue weighted by atomic mass is 16.5. The third-order valence-electron chi connectivity index (χ3n) is 3.74. The summed E-state index contributed by atoms with van der Waals surface area (Å²) >= 11 is 0. The van der Waals surface area contributed by atoms with E-state index in [0.717, 1.165) is 11.1 Å². The smallest absolute Gasteiger partial charge is 0.203 e. The zero-order valence-electron chi connectivity index (χ0n) is 13.8. The van der Waals surface area contributed by atoms with E-state index in [2.05, 4.69) is 0 Å². The molecule has 2 N–H and O–H groups in total. The van der Waals surface area contributed by atoms with Gasteiger partial charge in [0, 0.05) is 0 Å². The molecule has 0 heterocycles. The summed E-state index contributed by atoms with van der Waals surface area (Å²) in [6.07, 6.45) is 0. The van der Waals surface area contributed by atoms with E-state index in [9.17, 15) is 10.2 Å². The fraction of sp³-hybridized carbons (Fsp3) is 0.143. The van der Waals surface area contributed by atoms with Gasteiger partial charge in [-0.25, -0.2) is 0 Å². The highest BCUT2D eigenvalue weighted by Crippen LogP contribution is 2.39. The highest BCUT2D eigenvalue weighted by Gasteiger charge is 2.14. The van der Waals surface area contributed by atoms with Crippen LogP contribution in [0, 0.1) is 0 Å². The molecule has 0 aliphatic heterocycles. The van der Waals surface area contributed by atoms with Crippen molar-refractivity contribution < 1.29 is 19.7 Å². The topological polar surface area (TPSA) is 58.9 Å². The van der Waals surface area contributed by atoms with Crippen LogP contribution in [-0.4, -0.2) is 10.2 Å². The summed E-state index contributed by atoms with van der Waals surface area (Å²) in [7, 11) is 0. The van der Waals surface area contributed by atoms with Gasteiger partial charge < -0.3 is 19.7 Å². The van der Waals surface area contributed by atoms with Crippen molar-refractivity contribution in [2.45, 2.75) is 19.8 Å². The zero-order chi connectivity index (χ0) is 17.5. The minimum Gasteiger partial charge on any atom is -0.504 e. The minimum absolute atomic E-state index is 0.0504. The molecule has 128 valence electrons. The number of ether oxygens (including phenoxy) is 2. The van der Waals surface area contributed by atoms with E-state index in [-0.39, 0.29) is 18.1 Å². The van der Waals surface area contributed by atoms with E-state index in [1.807, 2.05) is 60.7 Å². The van der Waals surface area contributed by atoms with Gasteiger partial charge >= 0.3 is 0 Å². The van der Waals surface area contributed by atoms with Gasteiger partial charge in [-0.2, -0.15) is 0 Å². The molecule has 0 spiro atoms. The predicted molar refractivity (Wildman–Crippen MR) is 95.6 cm³/mol. The first kappa shape index (κ1) is 16.9. The summed E-state index contributed by atoms with van der Waals surface area (Å²) in [6.45, 7) is 0.472. The maximum atomic E-state index is 10.3. The third kappa shape index (κ3) is 4.52. The molecule has 0 aliphatic carbocycles. The second-order valence-electron chi connectivity index (χ2n) is 5.65. The van der Waals surface area contributed by atoms with Crippen LogP contribution >= 0.6 is 0 Å². The molecule has 0 bridgehead atoms. The lowest BCUT2D eigenvalue weighted by atomic mass is 10.2. The Morgan fingerprint density at radius 2 is 1.24 bits per heavy atom. The molecule has 3 rings (SSSR count). The lowest BCUT2D eigenvalue weighted by molar-refractivity contribution is 0.242. The average Bonchev–Trinajstić information content (AvgIpc) is 2.67. The lowest BCUT2D eigenvalue weighted by Crippen LogP contribution is -2.02. The van der Waals surface area contributed by atoms with Crippen LogP contribution in [0.25, 0.3) is 0 Å². The van der Waals surface area contributed by atoms with Crippen LogP contribution in [0.3, 0.4) is 0 Å². The zero-order valence-corrected chi connectivity index (χ0v) is 13.8. The number of phenols is 1. The first-order chi connectivity index (χ1) is 12.3. The summed E-state index contributed by atoms with van der Waals surface area (Å²) in [6, 6.07) is 22.6. The van der Waals surface area contributed by atoms with Crippen LogP contribution in [-0.2, 0) is 19.8 Å². The van der Waals surface area contributed by atoms with E-state index in [4.69, 9.17) is 9.47 Å². The Kier molecular flexibility index (Phi) is 5.54. The lowest BCUT2D eigenvalue weighted by Gasteiger charge is -2.15. The van der Waals surface area contributed by atoms with Crippen LogP contribution < -0.4 is 9.47 Å². The molecule has 4 heteroatoms. The number of hydrogen-bond acceptors (Lipinski definition) is 4. The molecule has 0 saturated carbocycles. The first-order valence-electron chi connectivity index (χ1n) is 8.06. The van der Waals surface area contributed by atoms with Crippen molar-refractivity contribution in [3.05, 3.63) is 89.5 Å². The molecule has 0 fully saturated rings. The summed E-state index contributed by atoms with van der Waals surface area (Å²) in [5.41, 5.74) is 2.56. The van der Waals surface area contributed by atoms with Gasteiger partial charge in [-0.15, -0.1) is 0 Å². The van der Waals surface area contributed by atoms with Gasteiger partial charge in [0.15, 0.2) is 11.5 Å². The fourth-order valence-electron chi connectivity index (χ4n) is 2.45. The monoisotopic (exact) mass is 336 g/mol. The molecule has 0 atom stereocenters. The second kappa shape index (κ2) is 8.22. The Balaban J connectivity index is 1.80. The molecule has 3 aromatic carbocycles. The molecule has 25 heavy (non-hydrogen) atoms. The Morgan fingerprint density at radius 1 is 0.680 bits per heavy atom. The van der Waals surface area contributed by atoms with Crippen LogP contribution in [0.1, 0.15) is 16.7 Å². The van der Waals surface area contributed by atoms with Crippen LogP contribution in [0.4, 0.5) is 0 Å². The van der Waals surface area contributed by atoms with Gasteiger partial charge in [0.1, 0.15) is 13.2 Å². The number of benzene rings is 3. The third-order valence-corrected chi connectivity index (χ3v) is 3.74. The van der Waals surface area contributed by atoms with Crippen molar-refractivity contribution in [3.8, 4) is 17.2 Å². The summed E-state index contributed by atoms with van der Waals surface area (Å²) < 4.78 is 11.6. The van der Waals surface area contributed by atoms with Crippen molar-refractivity contribution in [2.75, 3.05) is 0 Å². The Bertz CT molecular complexity index is 801. The Hall–Kier alpha value is -2.98. The minimum atomic E-state index is -0.186. The number of aliphatic hydroxyl groups excluding tert-OH is 1. The standard InChI is InChI=1S/C21H20O4/c22-13-18-11-19(23)21(25-15-17-9-5-2-6-10-17)20(12-18)24-14-16-7-3-1-4-8-16/h1-12,22-23H,13-15H2. The van der Waals surface area contributed by atoms with E-state index in [1.165, 1.54) is 6.07 Å². The number of hydrogen-bond donors (Lipinski definition) is 2. The molecule has 0 unspecified atom stereocenters. The second-order valence-corrected chi connectivity index (χ2v) is 5.65. The van der Waals surface area contributed by atoms with E-state index in [1.54, 1.807) is 6.07 Å². The molecular weight excluding hydrogens is 316 g/mol. The molecule has 3 aromatic rings. The summed E-state index contributed by atoms with van der Waals surface area (Å²) in [5, 5.41) is 19.6. The van der Waals surface area contributed by atoms with Crippen LogP contribution in [0.15, 0.2) is 72.8 Å². The van der Waals surface area contributed by atoms with Crippen LogP contribution in [0.5, 0.6) is 17.2 Å². The summed E-state index contributed by atoms with van der Waals surface area (Å²) in [4.78, 5) is 0. The highest BCUT2D eigenvalue weighted by molar-refractivity contribution is 5.53. The number of rotatable bonds is 7. The van der Waals surface area contributed by atoms with Crippen LogP contribution in [0.2, 0.25) is 0 Å². The fourth-order valence-corrected chi connectivity index (χ4v) is 2.45. The van der Waals surface area contributed by atoms with Gasteiger partial charge in [0.25, 0.3) is 0 Å². The van der Waals surface area contributed by atoms with Gasteiger partial charge in [0.05, 0.1) is 6.61 Å². The molecular formula is C21H20O4. The molecule has 0 saturated heterocycles. The van der Waals surface area contributed by atoms with Gasteiger partial charge in [-0.05, 0) is 28.8 Å². The predicted octanol–water partition coefficient (Wildman–Crippen LogP) is 4.04. The van der Waals surface area contributed by atoms with Crippen molar-refractivity contribution in [1.29, 1.82) is 0 Å². The van der Waals surface area contributed by atoms with Crippen molar-refractivity contribution in [2.24, 2.45) is 0 Å². The number of aliphatic hydroxyl groups is 1.